The first-order valence-electron chi connectivity index (χ1n) is 7.08. The summed E-state index contributed by atoms with van der Waals surface area (Å²) in [5, 5.41) is 0.645. The third kappa shape index (κ3) is 3.53. The van der Waals surface area contributed by atoms with Gasteiger partial charge >= 0.3 is 6.09 Å². The normalized spacial score (nSPS) is 12.6. The Morgan fingerprint density at radius 1 is 1.35 bits per heavy atom. The number of hydrogen-bond donors (Lipinski definition) is 0. The van der Waals surface area contributed by atoms with Crippen molar-refractivity contribution in [3.63, 3.8) is 0 Å². The van der Waals surface area contributed by atoms with Crippen LogP contribution in [-0.2, 0) is 20.5 Å². The number of rotatable bonds is 2. The highest BCUT2D eigenvalue weighted by atomic mass is 35.5. The summed E-state index contributed by atoms with van der Waals surface area (Å²) in [5.74, 6) is 0.0392. The lowest BCUT2D eigenvalue weighted by molar-refractivity contribution is 0.0544. The summed E-state index contributed by atoms with van der Waals surface area (Å²) >= 11 is 5.97. The Morgan fingerprint density at radius 2 is 1.96 bits per heavy atom. The molecule has 1 heterocycles. The van der Waals surface area contributed by atoms with Crippen LogP contribution in [0.3, 0.4) is 0 Å². The van der Waals surface area contributed by atoms with Crippen molar-refractivity contribution < 1.29 is 17.9 Å². The highest BCUT2D eigenvalue weighted by molar-refractivity contribution is 7.90. The number of aromatic nitrogens is 1. The molecule has 0 amide bonds. The fourth-order valence-electron chi connectivity index (χ4n) is 2.50. The quantitative estimate of drug-likeness (QED) is 0.765. The molecule has 1 aromatic heterocycles. The summed E-state index contributed by atoms with van der Waals surface area (Å²) in [7, 11) is -3.41. The molecule has 0 saturated carbocycles. The number of carbonyl (C=O) groups is 1. The lowest BCUT2D eigenvalue weighted by Gasteiger charge is -2.20. The zero-order valence-corrected chi connectivity index (χ0v) is 15.4. The van der Waals surface area contributed by atoms with Gasteiger partial charge < -0.3 is 4.74 Å². The molecule has 5 nitrogen and oxygen atoms in total. The SMILES string of the molecule is Cc1cc(S(C)(=O)=O)c(CCl)c2ccn(C(=O)OC(C)(C)C)c12. The number of fused-ring (bicyclic) bond motifs is 1. The Hall–Kier alpha value is -1.53. The molecule has 0 atom stereocenters. The van der Waals surface area contributed by atoms with Crippen LogP contribution in [0.1, 0.15) is 31.9 Å². The van der Waals surface area contributed by atoms with Crippen molar-refractivity contribution >= 4 is 38.4 Å². The van der Waals surface area contributed by atoms with Gasteiger partial charge in [-0.05, 0) is 51.0 Å². The molecule has 0 saturated heterocycles. The van der Waals surface area contributed by atoms with Crippen LogP contribution in [0.15, 0.2) is 23.2 Å². The zero-order chi connectivity index (χ0) is 17.6. The predicted octanol–water partition coefficient (Wildman–Crippen LogP) is 3.88. The van der Waals surface area contributed by atoms with E-state index in [2.05, 4.69) is 0 Å². The largest absolute Gasteiger partial charge is 0.443 e. The van der Waals surface area contributed by atoms with Crippen molar-refractivity contribution in [2.24, 2.45) is 0 Å². The number of ether oxygens (including phenoxy) is 1. The molecule has 0 aliphatic heterocycles. The number of benzene rings is 1. The molecule has 0 bridgehead atoms. The van der Waals surface area contributed by atoms with Crippen LogP contribution in [0, 0.1) is 6.92 Å². The van der Waals surface area contributed by atoms with E-state index in [0.29, 0.717) is 22.0 Å². The molecule has 0 aliphatic carbocycles. The molecule has 1 aromatic carbocycles. The number of halogens is 1. The third-order valence-electron chi connectivity index (χ3n) is 3.35. The molecule has 0 radical (unpaired) electrons. The van der Waals surface area contributed by atoms with Crippen LogP contribution in [0.2, 0.25) is 0 Å². The molecular formula is C16H20ClNO4S. The first kappa shape index (κ1) is 17.8. The maximum atomic E-state index is 12.4. The van der Waals surface area contributed by atoms with E-state index in [4.69, 9.17) is 16.3 Å². The highest BCUT2D eigenvalue weighted by Crippen LogP contribution is 2.31. The van der Waals surface area contributed by atoms with Gasteiger partial charge in [0.1, 0.15) is 5.60 Å². The molecule has 23 heavy (non-hydrogen) atoms. The van der Waals surface area contributed by atoms with E-state index in [9.17, 15) is 13.2 Å². The van der Waals surface area contributed by atoms with Crippen LogP contribution >= 0.6 is 11.6 Å². The smallest absolute Gasteiger partial charge is 0.418 e. The van der Waals surface area contributed by atoms with Gasteiger partial charge in [0.15, 0.2) is 9.84 Å². The Morgan fingerprint density at radius 3 is 2.43 bits per heavy atom. The third-order valence-corrected chi connectivity index (χ3v) is 4.78. The highest BCUT2D eigenvalue weighted by Gasteiger charge is 2.23. The molecule has 0 aliphatic rings. The zero-order valence-electron chi connectivity index (χ0n) is 13.8. The number of carbonyl (C=O) groups excluding carboxylic acids is 1. The summed E-state index contributed by atoms with van der Waals surface area (Å²) in [4.78, 5) is 12.6. The topological polar surface area (TPSA) is 65.4 Å². The van der Waals surface area contributed by atoms with E-state index in [1.54, 1.807) is 46.0 Å². The molecule has 0 fully saturated rings. The Balaban J connectivity index is 2.73. The van der Waals surface area contributed by atoms with Gasteiger partial charge in [0.05, 0.1) is 10.4 Å². The molecule has 2 rings (SSSR count). The van der Waals surface area contributed by atoms with Crippen molar-refractivity contribution in [2.75, 3.05) is 6.26 Å². The van der Waals surface area contributed by atoms with Crippen LogP contribution in [0.5, 0.6) is 0 Å². The molecule has 0 N–H and O–H groups in total. The van der Waals surface area contributed by atoms with Gasteiger partial charge in [-0.25, -0.2) is 13.2 Å². The molecule has 0 spiro atoms. The number of alkyl halides is 1. The van der Waals surface area contributed by atoms with Gasteiger partial charge in [-0.3, -0.25) is 4.57 Å². The molecule has 0 unspecified atom stereocenters. The summed E-state index contributed by atoms with van der Waals surface area (Å²) in [6.07, 6.45) is 2.21. The standard InChI is InChI=1S/C16H20ClNO4S/c1-10-8-13(23(5,20)21)12(9-17)11-6-7-18(14(10)11)15(19)22-16(2,3)4/h6-8H,9H2,1-5H3. The maximum Gasteiger partial charge on any atom is 0.418 e. The van der Waals surface area contributed by atoms with Gasteiger partial charge in [-0.1, -0.05) is 0 Å². The summed E-state index contributed by atoms with van der Waals surface area (Å²) < 4.78 is 30.7. The Kier molecular flexibility index (Phi) is 4.52. The molecule has 2 aromatic rings. The lowest BCUT2D eigenvalue weighted by Crippen LogP contribution is -2.26. The molecule has 7 heteroatoms. The van der Waals surface area contributed by atoms with Gasteiger partial charge in [0.2, 0.25) is 0 Å². The first-order valence-corrected chi connectivity index (χ1v) is 9.51. The second-order valence-electron chi connectivity index (χ2n) is 6.50. The fourth-order valence-corrected chi connectivity index (χ4v) is 3.88. The Labute approximate surface area is 141 Å². The fraction of sp³-hybridized carbons (Fsp3) is 0.438. The van der Waals surface area contributed by atoms with E-state index in [1.807, 2.05) is 0 Å². The first-order chi connectivity index (χ1) is 10.5. The van der Waals surface area contributed by atoms with Crippen LogP contribution in [0.4, 0.5) is 4.79 Å². The van der Waals surface area contributed by atoms with Crippen molar-refractivity contribution in [1.29, 1.82) is 0 Å². The average Bonchev–Trinajstić information content (AvgIpc) is 2.80. The minimum atomic E-state index is -3.41. The number of nitrogens with zero attached hydrogens (tertiary/aromatic N) is 1. The second-order valence-corrected chi connectivity index (χ2v) is 8.76. The maximum absolute atomic E-state index is 12.4. The van der Waals surface area contributed by atoms with Gasteiger partial charge in [0.25, 0.3) is 0 Å². The number of hydrogen-bond acceptors (Lipinski definition) is 4. The minimum Gasteiger partial charge on any atom is -0.443 e. The van der Waals surface area contributed by atoms with Gasteiger partial charge in [-0.15, -0.1) is 11.6 Å². The minimum absolute atomic E-state index is 0.0392. The second kappa shape index (κ2) is 5.83. The summed E-state index contributed by atoms with van der Waals surface area (Å²) in [6, 6.07) is 3.24. The van der Waals surface area contributed by atoms with Crippen molar-refractivity contribution in [3.8, 4) is 0 Å². The average molecular weight is 358 g/mol. The lowest BCUT2D eigenvalue weighted by atomic mass is 10.1. The van der Waals surface area contributed by atoms with E-state index < -0.39 is 21.5 Å². The number of sulfone groups is 1. The molecular weight excluding hydrogens is 338 g/mol. The summed E-state index contributed by atoms with van der Waals surface area (Å²) in [6.45, 7) is 7.12. The summed E-state index contributed by atoms with van der Waals surface area (Å²) in [5.41, 5.74) is 1.16. The number of aryl methyl sites for hydroxylation is 1. The van der Waals surface area contributed by atoms with Crippen molar-refractivity contribution in [1.82, 2.24) is 4.57 Å². The van der Waals surface area contributed by atoms with Crippen molar-refractivity contribution in [2.45, 2.75) is 44.1 Å². The van der Waals surface area contributed by atoms with Gasteiger partial charge in [-0.2, -0.15) is 0 Å². The predicted molar refractivity (Wildman–Crippen MR) is 91.0 cm³/mol. The monoisotopic (exact) mass is 357 g/mol. The van der Waals surface area contributed by atoms with E-state index >= 15 is 0 Å². The van der Waals surface area contributed by atoms with Crippen LogP contribution in [-0.4, -0.2) is 30.9 Å². The van der Waals surface area contributed by atoms with E-state index in [0.717, 1.165) is 6.26 Å². The van der Waals surface area contributed by atoms with Crippen LogP contribution in [0.25, 0.3) is 10.9 Å². The molecule has 126 valence electrons. The van der Waals surface area contributed by atoms with Gasteiger partial charge in [0, 0.05) is 23.7 Å². The Bertz CT molecular complexity index is 876. The van der Waals surface area contributed by atoms with E-state index in [-0.39, 0.29) is 10.8 Å². The van der Waals surface area contributed by atoms with E-state index in [1.165, 1.54) is 4.57 Å². The van der Waals surface area contributed by atoms with Crippen LogP contribution < -0.4 is 0 Å². The van der Waals surface area contributed by atoms with Crippen molar-refractivity contribution in [3.05, 3.63) is 29.5 Å².